The Morgan fingerprint density at radius 1 is 1.47 bits per heavy atom. The van der Waals surface area contributed by atoms with Gasteiger partial charge in [-0.05, 0) is 32.4 Å². The van der Waals surface area contributed by atoms with Gasteiger partial charge in [-0.25, -0.2) is 0 Å². The number of nitrogens with zero attached hydrogens (tertiary/aromatic N) is 1. The Balaban J connectivity index is 2.39. The van der Waals surface area contributed by atoms with Gasteiger partial charge in [0.2, 0.25) is 0 Å². The number of aliphatic imine (C=N–C) groups is 1. The Bertz CT molecular complexity index is 315. The highest BCUT2D eigenvalue weighted by molar-refractivity contribution is 8.00. The first-order valence-corrected chi connectivity index (χ1v) is 7.81. The van der Waals surface area contributed by atoms with Crippen LogP contribution in [0.5, 0.6) is 0 Å². The Morgan fingerprint density at radius 3 is 2.84 bits per heavy atom. The zero-order chi connectivity index (χ0) is 14.1. The molecule has 19 heavy (non-hydrogen) atoms. The summed E-state index contributed by atoms with van der Waals surface area (Å²) in [7, 11) is 1.40. The van der Waals surface area contributed by atoms with Crippen molar-refractivity contribution in [2.75, 3.05) is 32.5 Å². The number of rotatable bonds is 6. The van der Waals surface area contributed by atoms with Crippen LogP contribution in [0.3, 0.4) is 0 Å². The summed E-state index contributed by atoms with van der Waals surface area (Å²) in [6, 6.07) is 0. The van der Waals surface area contributed by atoms with Crippen molar-refractivity contribution in [2.24, 2.45) is 4.99 Å². The van der Waals surface area contributed by atoms with Crippen LogP contribution in [0.1, 0.15) is 33.1 Å². The number of thioether (sulfide) groups is 1. The number of hydrogen-bond acceptors (Lipinski definition) is 4. The quantitative estimate of drug-likeness (QED) is 0.439. The molecule has 0 saturated carbocycles. The molecule has 110 valence electrons. The van der Waals surface area contributed by atoms with E-state index < -0.39 is 0 Å². The highest BCUT2D eigenvalue weighted by Gasteiger charge is 2.29. The van der Waals surface area contributed by atoms with Crippen LogP contribution in [0, 0.1) is 0 Å². The van der Waals surface area contributed by atoms with E-state index in [1.807, 2.05) is 18.7 Å². The Labute approximate surface area is 120 Å². The molecule has 0 radical (unpaired) electrons. The summed E-state index contributed by atoms with van der Waals surface area (Å²) in [5, 5.41) is 6.35. The lowest BCUT2D eigenvalue weighted by molar-refractivity contribution is -0.140. The molecule has 0 aromatic carbocycles. The zero-order valence-electron chi connectivity index (χ0n) is 12.1. The average Bonchev–Trinajstić information content (AvgIpc) is 2.83. The van der Waals surface area contributed by atoms with Gasteiger partial charge in [-0.2, -0.15) is 11.8 Å². The van der Waals surface area contributed by atoms with Gasteiger partial charge in [0, 0.05) is 17.8 Å². The largest absolute Gasteiger partial charge is 0.469 e. The molecule has 1 fully saturated rings. The third kappa shape index (κ3) is 6.18. The maximum absolute atomic E-state index is 11.0. The molecule has 1 saturated heterocycles. The van der Waals surface area contributed by atoms with Gasteiger partial charge in [-0.1, -0.05) is 0 Å². The summed E-state index contributed by atoms with van der Waals surface area (Å²) in [5.41, 5.74) is 0. The molecule has 1 aliphatic heterocycles. The lowest BCUT2D eigenvalue weighted by atomic mass is 10.1. The van der Waals surface area contributed by atoms with Crippen molar-refractivity contribution in [3.8, 4) is 0 Å². The van der Waals surface area contributed by atoms with Crippen LogP contribution < -0.4 is 10.6 Å². The summed E-state index contributed by atoms with van der Waals surface area (Å²) in [5.74, 6) is 1.81. The van der Waals surface area contributed by atoms with E-state index in [-0.39, 0.29) is 10.7 Å². The summed E-state index contributed by atoms with van der Waals surface area (Å²) in [4.78, 5) is 15.7. The van der Waals surface area contributed by atoms with Crippen LogP contribution in [-0.2, 0) is 9.53 Å². The van der Waals surface area contributed by atoms with Gasteiger partial charge in [0.25, 0.3) is 0 Å². The second-order valence-corrected chi connectivity index (χ2v) is 6.53. The monoisotopic (exact) mass is 287 g/mol. The van der Waals surface area contributed by atoms with E-state index in [0.29, 0.717) is 13.0 Å². The first-order chi connectivity index (χ1) is 9.09. The molecular formula is C13H25N3O2S. The Hall–Kier alpha value is -0.910. The SMILES string of the molecule is CCNC(=NCC1(C)CCCS1)NCCC(=O)OC. The van der Waals surface area contributed by atoms with Gasteiger partial charge in [-0.3, -0.25) is 9.79 Å². The third-order valence-electron chi connectivity index (χ3n) is 3.07. The van der Waals surface area contributed by atoms with Crippen LogP contribution in [0.2, 0.25) is 0 Å². The van der Waals surface area contributed by atoms with E-state index in [2.05, 4.69) is 27.3 Å². The maximum atomic E-state index is 11.0. The first kappa shape index (κ1) is 16.1. The van der Waals surface area contributed by atoms with Gasteiger partial charge in [0.1, 0.15) is 0 Å². The maximum Gasteiger partial charge on any atom is 0.307 e. The lowest BCUT2D eigenvalue weighted by Gasteiger charge is -2.21. The van der Waals surface area contributed by atoms with Crippen LogP contribution in [0.25, 0.3) is 0 Å². The summed E-state index contributed by atoms with van der Waals surface area (Å²) >= 11 is 2.00. The summed E-state index contributed by atoms with van der Waals surface area (Å²) in [6.45, 7) is 6.47. The van der Waals surface area contributed by atoms with Gasteiger partial charge in [0.15, 0.2) is 5.96 Å². The fourth-order valence-corrected chi connectivity index (χ4v) is 3.16. The van der Waals surface area contributed by atoms with Crippen molar-refractivity contribution >= 4 is 23.7 Å². The Kier molecular flexibility index (Phi) is 7.05. The number of carbonyl (C=O) groups is 1. The first-order valence-electron chi connectivity index (χ1n) is 6.82. The van der Waals surface area contributed by atoms with E-state index >= 15 is 0 Å². The van der Waals surface area contributed by atoms with Crippen molar-refractivity contribution in [1.29, 1.82) is 0 Å². The zero-order valence-corrected chi connectivity index (χ0v) is 12.9. The van der Waals surface area contributed by atoms with Crippen molar-refractivity contribution in [3.05, 3.63) is 0 Å². The number of esters is 1. The molecule has 0 aromatic heterocycles. The van der Waals surface area contributed by atoms with Crippen molar-refractivity contribution in [3.63, 3.8) is 0 Å². The number of guanidine groups is 1. The normalized spacial score (nSPS) is 23.2. The number of nitrogens with one attached hydrogen (secondary N) is 2. The van der Waals surface area contributed by atoms with Gasteiger partial charge in [-0.15, -0.1) is 0 Å². The molecule has 1 atom stereocenters. The van der Waals surface area contributed by atoms with E-state index in [1.165, 1.54) is 25.7 Å². The predicted octanol–water partition coefficient (Wildman–Crippen LogP) is 1.39. The fraction of sp³-hybridized carbons (Fsp3) is 0.846. The number of hydrogen-bond donors (Lipinski definition) is 2. The van der Waals surface area contributed by atoms with Gasteiger partial charge in [0.05, 0.1) is 20.1 Å². The number of ether oxygens (including phenoxy) is 1. The topological polar surface area (TPSA) is 62.7 Å². The van der Waals surface area contributed by atoms with E-state index in [0.717, 1.165) is 19.0 Å². The molecular weight excluding hydrogens is 262 g/mol. The van der Waals surface area contributed by atoms with Crippen molar-refractivity contribution in [2.45, 2.75) is 37.9 Å². The van der Waals surface area contributed by atoms with Crippen molar-refractivity contribution < 1.29 is 9.53 Å². The molecule has 2 N–H and O–H groups in total. The molecule has 6 heteroatoms. The second kappa shape index (κ2) is 8.30. The number of carbonyl (C=O) groups excluding carboxylic acids is 1. The van der Waals surface area contributed by atoms with Gasteiger partial charge >= 0.3 is 5.97 Å². The van der Waals surface area contributed by atoms with Crippen molar-refractivity contribution in [1.82, 2.24) is 10.6 Å². The second-order valence-electron chi connectivity index (χ2n) is 4.85. The van der Waals surface area contributed by atoms with Gasteiger partial charge < -0.3 is 15.4 Å². The minimum atomic E-state index is -0.207. The molecule has 0 aliphatic carbocycles. The van der Waals surface area contributed by atoms with Crippen LogP contribution in [-0.4, -0.2) is 49.2 Å². The molecule has 0 aromatic rings. The minimum Gasteiger partial charge on any atom is -0.469 e. The number of methoxy groups -OCH3 is 1. The highest BCUT2D eigenvalue weighted by atomic mass is 32.2. The fourth-order valence-electron chi connectivity index (χ4n) is 1.93. The summed E-state index contributed by atoms with van der Waals surface area (Å²) in [6.07, 6.45) is 2.86. The molecule has 0 spiro atoms. The van der Waals surface area contributed by atoms with E-state index in [9.17, 15) is 4.79 Å². The standard InChI is InChI=1S/C13H25N3O2S/c1-4-14-12(15-8-6-11(17)18-3)16-10-13(2)7-5-9-19-13/h4-10H2,1-3H3,(H2,14,15,16). The molecule has 1 heterocycles. The van der Waals surface area contributed by atoms with Crippen LogP contribution >= 0.6 is 11.8 Å². The molecule has 0 amide bonds. The summed E-state index contributed by atoms with van der Waals surface area (Å²) < 4.78 is 4.88. The minimum absolute atomic E-state index is 0.207. The van der Waals surface area contributed by atoms with Crippen LogP contribution in [0.4, 0.5) is 0 Å². The average molecular weight is 287 g/mol. The predicted molar refractivity (Wildman–Crippen MR) is 80.7 cm³/mol. The third-order valence-corrected chi connectivity index (χ3v) is 4.59. The Morgan fingerprint density at radius 2 is 2.26 bits per heavy atom. The molecule has 1 aliphatic rings. The molecule has 1 unspecified atom stereocenters. The molecule has 0 bridgehead atoms. The lowest BCUT2D eigenvalue weighted by Crippen LogP contribution is -2.39. The van der Waals surface area contributed by atoms with E-state index in [4.69, 9.17) is 0 Å². The smallest absolute Gasteiger partial charge is 0.307 e. The van der Waals surface area contributed by atoms with Crippen LogP contribution in [0.15, 0.2) is 4.99 Å². The molecule has 5 nitrogen and oxygen atoms in total. The van der Waals surface area contributed by atoms with E-state index in [1.54, 1.807) is 0 Å². The highest BCUT2D eigenvalue weighted by Crippen LogP contribution is 2.37. The molecule has 1 rings (SSSR count).